The number of sulfonamides is 1. The maximum atomic E-state index is 12.6. The Labute approximate surface area is 143 Å². The molecule has 1 aliphatic rings. The molecule has 0 amide bonds. The van der Waals surface area contributed by atoms with E-state index < -0.39 is 10.0 Å². The smallest absolute Gasteiger partial charge is 0.252 e. The van der Waals surface area contributed by atoms with Crippen LogP contribution in [0.2, 0.25) is 0 Å². The normalized spacial score (nSPS) is 16.8. The lowest BCUT2D eigenvalue weighted by Gasteiger charge is -2.34. The van der Waals surface area contributed by atoms with Crippen molar-refractivity contribution in [2.45, 2.75) is 11.1 Å². The average molecular weight is 364 g/mol. The molecule has 24 heavy (non-hydrogen) atoms. The zero-order chi connectivity index (χ0) is 16.7. The summed E-state index contributed by atoms with van der Waals surface area (Å²) in [6, 6.07) is 3.40. The first-order valence-corrected chi connectivity index (χ1v) is 9.84. The molecule has 0 spiro atoms. The topological polar surface area (TPSA) is 83.7 Å². The number of thiophene rings is 1. The third kappa shape index (κ3) is 2.46. The number of fused-ring (bicyclic) bond motifs is 1. The van der Waals surface area contributed by atoms with Gasteiger partial charge in [-0.1, -0.05) is 6.07 Å². The van der Waals surface area contributed by atoms with E-state index in [2.05, 4.69) is 20.1 Å². The predicted octanol–water partition coefficient (Wildman–Crippen LogP) is 1.01. The summed E-state index contributed by atoms with van der Waals surface area (Å²) in [5.74, 6) is 1.54. The fourth-order valence-corrected chi connectivity index (χ4v) is 5.40. The van der Waals surface area contributed by atoms with E-state index in [1.807, 2.05) is 17.5 Å². The Balaban J connectivity index is 1.56. The molecule has 0 atom stereocenters. The number of aromatic nitrogens is 4. The number of aryl methyl sites for hydroxylation is 1. The van der Waals surface area contributed by atoms with Gasteiger partial charge in [-0.25, -0.2) is 13.4 Å². The lowest BCUT2D eigenvalue weighted by Crippen LogP contribution is -2.48. The van der Waals surface area contributed by atoms with Gasteiger partial charge in [0.15, 0.2) is 5.82 Å². The Morgan fingerprint density at radius 1 is 1.17 bits per heavy atom. The van der Waals surface area contributed by atoms with Crippen molar-refractivity contribution in [3.63, 3.8) is 0 Å². The molecule has 10 heteroatoms. The molecule has 126 valence electrons. The average Bonchev–Trinajstić information content (AvgIpc) is 3.26. The summed E-state index contributed by atoms with van der Waals surface area (Å²) in [6.07, 6.45) is 3.54. The Morgan fingerprint density at radius 3 is 2.67 bits per heavy atom. The molecule has 0 bridgehead atoms. The number of anilines is 1. The van der Waals surface area contributed by atoms with E-state index in [0.717, 1.165) is 11.6 Å². The minimum atomic E-state index is -3.39. The van der Waals surface area contributed by atoms with Crippen LogP contribution >= 0.6 is 11.3 Å². The molecular formula is C14H16N6O2S2. The highest BCUT2D eigenvalue weighted by Gasteiger charge is 2.30. The van der Waals surface area contributed by atoms with E-state index in [9.17, 15) is 8.42 Å². The van der Waals surface area contributed by atoms with Gasteiger partial charge < -0.3 is 4.90 Å². The van der Waals surface area contributed by atoms with E-state index in [0.29, 0.717) is 36.0 Å². The fourth-order valence-electron chi connectivity index (χ4n) is 2.83. The van der Waals surface area contributed by atoms with Crippen molar-refractivity contribution in [2.75, 3.05) is 31.1 Å². The largest absolute Gasteiger partial charge is 0.351 e. The van der Waals surface area contributed by atoms with E-state index in [4.69, 9.17) is 0 Å². The number of nitrogens with zero attached hydrogens (tertiary/aromatic N) is 6. The van der Waals surface area contributed by atoms with Crippen LogP contribution in [0.5, 0.6) is 0 Å². The Kier molecular flexibility index (Phi) is 3.74. The molecule has 3 aromatic heterocycles. The molecule has 1 saturated heterocycles. The SMILES string of the molecule is Cc1nnc2c(N3CCN(S(=O)(=O)c4cccs4)CC3)nccn12. The molecule has 0 aliphatic carbocycles. The zero-order valence-corrected chi connectivity index (χ0v) is 14.7. The highest BCUT2D eigenvalue weighted by Crippen LogP contribution is 2.24. The van der Waals surface area contributed by atoms with E-state index in [1.165, 1.54) is 15.6 Å². The molecule has 1 fully saturated rings. The van der Waals surface area contributed by atoms with Crippen LogP contribution in [0.25, 0.3) is 5.65 Å². The van der Waals surface area contributed by atoms with Crippen LogP contribution in [0.15, 0.2) is 34.1 Å². The third-order valence-corrected chi connectivity index (χ3v) is 7.38. The van der Waals surface area contributed by atoms with Gasteiger partial charge in [-0.3, -0.25) is 4.40 Å². The van der Waals surface area contributed by atoms with Gasteiger partial charge in [0.2, 0.25) is 5.65 Å². The quantitative estimate of drug-likeness (QED) is 0.690. The molecular weight excluding hydrogens is 348 g/mol. The molecule has 8 nitrogen and oxygen atoms in total. The van der Waals surface area contributed by atoms with Gasteiger partial charge >= 0.3 is 0 Å². The van der Waals surface area contributed by atoms with Crippen LogP contribution in [-0.4, -0.2) is 58.5 Å². The third-order valence-electron chi connectivity index (χ3n) is 4.11. The second-order valence-electron chi connectivity index (χ2n) is 5.51. The summed E-state index contributed by atoms with van der Waals surface area (Å²) in [5.41, 5.74) is 0.699. The fraction of sp³-hybridized carbons (Fsp3) is 0.357. The summed E-state index contributed by atoms with van der Waals surface area (Å²) in [5, 5.41) is 10.0. The molecule has 0 unspecified atom stereocenters. The van der Waals surface area contributed by atoms with Gasteiger partial charge in [-0.15, -0.1) is 21.5 Å². The van der Waals surface area contributed by atoms with E-state index >= 15 is 0 Å². The van der Waals surface area contributed by atoms with Crippen LogP contribution in [-0.2, 0) is 10.0 Å². The molecule has 0 N–H and O–H groups in total. The summed E-state index contributed by atoms with van der Waals surface area (Å²) < 4.78 is 29.0. The minimum Gasteiger partial charge on any atom is -0.351 e. The highest BCUT2D eigenvalue weighted by atomic mass is 32.2. The van der Waals surface area contributed by atoms with Crippen molar-refractivity contribution in [1.82, 2.24) is 23.9 Å². The van der Waals surface area contributed by atoms with Crippen molar-refractivity contribution in [1.29, 1.82) is 0 Å². The number of rotatable bonds is 3. The van der Waals surface area contributed by atoms with Gasteiger partial charge in [0.05, 0.1) is 0 Å². The number of hydrogen-bond acceptors (Lipinski definition) is 7. The Morgan fingerprint density at radius 2 is 1.96 bits per heavy atom. The van der Waals surface area contributed by atoms with Gasteiger partial charge in [-0.2, -0.15) is 4.31 Å². The first kappa shape index (κ1) is 15.5. The van der Waals surface area contributed by atoms with Gasteiger partial charge in [0.25, 0.3) is 10.0 Å². The van der Waals surface area contributed by atoms with E-state index in [1.54, 1.807) is 23.7 Å². The summed E-state index contributed by atoms with van der Waals surface area (Å²) in [4.78, 5) is 6.48. The molecule has 1 aliphatic heterocycles. The maximum absolute atomic E-state index is 12.6. The second-order valence-corrected chi connectivity index (χ2v) is 8.63. The van der Waals surface area contributed by atoms with Crippen molar-refractivity contribution >= 4 is 32.8 Å². The maximum Gasteiger partial charge on any atom is 0.252 e. The van der Waals surface area contributed by atoms with Crippen LogP contribution in [0, 0.1) is 6.92 Å². The first-order chi connectivity index (χ1) is 11.6. The van der Waals surface area contributed by atoms with Crippen molar-refractivity contribution in [2.24, 2.45) is 0 Å². The number of hydrogen-bond donors (Lipinski definition) is 0. The molecule has 4 heterocycles. The standard InChI is InChI=1S/C14H16N6O2S2/c1-11-16-17-14-13(15-4-5-20(11)14)18-6-8-19(9-7-18)24(21,22)12-3-2-10-23-12/h2-5,10H,6-9H2,1H3. The molecule has 0 radical (unpaired) electrons. The van der Waals surface area contributed by atoms with E-state index in [-0.39, 0.29) is 0 Å². The van der Waals surface area contributed by atoms with Crippen LogP contribution < -0.4 is 4.90 Å². The van der Waals surface area contributed by atoms with Crippen molar-refractivity contribution in [3.8, 4) is 0 Å². The zero-order valence-electron chi connectivity index (χ0n) is 13.0. The minimum absolute atomic E-state index is 0.393. The lowest BCUT2D eigenvalue weighted by atomic mass is 10.3. The summed E-state index contributed by atoms with van der Waals surface area (Å²) in [7, 11) is -3.39. The van der Waals surface area contributed by atoms with Gasteiger partial charge in [-0.05, 0) is 18.4 Å². The Hall–Kier alpha value is -2.04. The van der Waals surface area contributed by atoms with Crippen molar-refractivity contribution in [3.05, 3.63) is 35.7 Å². The molecule has 0 saturated carbocycles. The first-order valence-electron chi connectivity index (χ1n) is 7.52. The lowest BCUT2D eigenvalue weighted by molar-refractivity contribution is 0.385. The summed E-state index contributed by atoms with van der Waals surface area (Å²) >= 11 is 1.25. The van der Waals surface area contributed by atoms with Crippen LogP contribution in [0.4, 0.5) is 5.82 Å². The van der Waals surface area contributed by atoms with Crippen LogP contribution in [0.3, 0.4) is 0 Å². The second kappa shape index (κ2) is 5.80. The summed E-state index contributed by atoms with van der Waals surface area (Å²) in [6.45, 7) is 3.88. The number of piperazine rings is 1. The van der Waals surface area contributed by atoms with Crippen molar-refractivity contribution < 1.29 is 8.42 Å². The van der Waals surface area contributed by atoms with Gasteiger partial charge in [0.1, 0.15) is 10.0 Å². The molecule has 0 aromatic carbocycles. The van der Waals surface area contributed by atoms with Gasteiger partial charge in [0, 0.05) is 38.6 Å². The molecule has 4 rings (SSSR count). The highest BCUT2D eigenvalue weighted by molar-refractivity contribution is 7.91. The molecule has 3 aromatic rings. The Bertz CT molecular complexity index is 958. The van der Waals surface area contributed by atoms with Crippen LogP contribution in [0.1, 0.15) is 5.82 Å². The monoisotopic (exact) mass is 364 g/mol. The predicted molar refractivity (Wildman–Crippen MR) is 90.8 cm³/mol.